The van der Waals surface area contributed by atoms with E-state index in [2.05, 4.69) is 26.0 Å². The summed E-state index contributed by atoms with van der Waals surface area (Å²) in [6, 6.07) is 6.65. The van der Waals surface area contributed by atoms with Gasteiger partial charge in [0.15, 0.2) is 0 Å². The van der Waals surface area contributed by atoms with E-state index in [0.717, 1.165) is 11.0 Å². The van der Waals surface area contributed by atoms with Crippen LogP contribution in [0.15, 0.2) is 33.6 Å². The van der Waals surface area contributed by atoms with Crippen LogP contribution in [-0.2, 0) is 14.8 Å². The number of nitrogens with zero attached hydrogens (tertiary/aromatic N) is 1. The zero-order valence-corrected chi connectivity index (χ0v) is 14.8. The summed E-state index contributed by atoms with van der Waals surface area (Å²) in [6.07, 6.45) is 0.169. The van der Waals surface area contributed by atoms with E-state index in [0.29, 0.717) is 13.1 Å². The lowest BCUT2D eigenvalue weighted by molar-refractivity contribution is -0.132. The number of carbonyl (C=O) groups excluding carboxylic acids is 1. The molecule has 22 heavy (non-hydrogen) atoms. The van der Waals surface area contributed by atoms with Gasteiger partial charge >= 0.3 is 0 Å². The Morgan fingerprint density at radius 1 is 1.41 bits per heavy atom. The molecule has 1 amide bonds. The minimum atomic E-state index is -3.57. The fourth-order valence-electron chi connectivity index (χ4n) is 2.31. The summed E-state index contributed by atoms with van der Waals surface area (Å²) in [5.41, 5.74) is 0. The third kappa shape index (κ3) is 4.77. The second kappa shape index (κ2) is 7.54. The highest BCUT2D eigenvalue weighted by molar-refractivity contribution is 9.10. The lowest BCUT2D eigenvalue weighted by Gasteiger charge is -2.32. The van der Waals surface area contributed by atoms with Crippen molar-refractivity contribution in [1.82, 2.24) is 14.9 Å². The summed E-state index contributed by atoms with van der Waals surface area (Å²) in [7, 11) is -3.57. The highest BCUT2D eigenvalue weighted by Gasteiger charge is 2.21. The Morgan fingerprint density at radius 3 is 2.73 bits per heavy atom. The van der Waals surface area contributed by atoms with E-state index < -0.39 is 10.0 Å². The van der Waals surface area contributed by atoms with E-state index in [9.17, 15) is 13.2 Å². The van der Waals surface area contributed by atoms with E-state index in [1.54, 1.807) is 17.0 Å². The molecule has 1 atom stereocenters. The summed E-state index contributed by atoms with van der Waals surface area (Å²) >= 11 is 3.26. The van der Waals surface area contributed by atoms with Crippen molar-refractivity contribution in [3.05, 3.63) is 28.7 Å². The van der Waals surface area contributed by atoms with Gasteiger partial charge in [0.05, 0.1) is 4.90 Å². The number of nitrogens with one attached hydrogen (secondary N) is 2. The van der Waals surface area contributed by atoms with Gasteiger partial charge in [-0.05, 0) is 31.2 Å². The summed E-state index contributed by atoms with van der Waals surface area (Å²) in [5.74, 6) is -0.0214. The molecule has 1 unspecified atom stereocenters. The number of carbonyl (C=O) groups is 1. The monoisotopic (exact) mass is 389 g/mol. The lowest BCUT2D eigenvalue weighted by Crippen LogP contribution is -2.51. The lowest BCUT2D eigenvalue weighted by atomic mass is 10.2. The Labute approximate surface area is 139 Å². The molecular weight excluding hydrogens is 370 g/mol. The first-order chi connectivity index (χ1) is 10.4. The molecule has 1 aliphatic rings. The Kier molecular flexibility index (Phi) is 5.96. The quantitative estimate of drug-likeness (QED) is 0.785. The van der Waals surface area contributed by atoms with Crippen LogP contribution in [-0.4, -0.2) is 51.4 Å². The van der Waals surface area contributed by atoms with Gasteiger partial charge in [-0.3, -0.25) is 4.79 Å². The number of amides is 1. The van der Waals surface area contributed by atoms with Gasteiger partial charge in [0.2, 0.25) is 15.9 Å². The molecule has 2 N–H and O–H groups in total. The Bertz CT molecular complexity index is 619. The van der Waals surface area contributed by atoms with Crippen LogP contribution in [0.25, 0.3) is 0 Å². The fraction of sp³-hybridized carbons (Fsp3) is 0.500. The van der Waals surface area contributed by atoms with Gasteiger partial charge in [-0.25, -0.2) is 13.1 Å². The molecule has 0 aliphatic carbocycles. The normalized spacial score (nSPS) is 19.2. The van der Waals surface area contributed by atoms with Crippen molar-refractivity contribution in [3.8, 4) is 0 Å². The molecule has 0 aromatic heterocycles. The van der Waals surface area contributed by atoms with Gasteiger partial charge in [0.25, 0.3) is 0 Å². The van der Waals surface area contributed by atoms with E-state index in [-0.39, 0.29) is 29.8 Å². The summed E-state index contributed by atoms with van der Waals surface area (Å²) in [6.45, 7) is 4.24. The van der Waals surface area contributed by atoms with Crippen LogP contribution in [0.2, 0.25) is 0 Å². The molecule has 0 bridgehead atoms. The SMILES string of the molecule is CC1CN(C(=O)CCNS(=O)(=O)c2ccc(Br)cc2)CCN1. The van der Waals surface area contributed by atoms with E-state index in [1.165, 1.54) is 12.1 Å². The maximum atomic E-state index is 12.1. The minimum Gasteiger partial charge on any atom is -0.340 e. The smallest absolute Gasteiger partial charge is 0.240 e. The Balaban J connectivity index is 1.84. The highest BCUT2D eigenvalue weighted by atomic mass is 79.9. The van der Waals surface area contributed by atoms with Crippen LogP contribution >= 0.6 is 15.9 Å². The van der Waals surface area contributed by atoms with Crippen LogP contribution in [0.3, 0.4) is 0 Å². The van der Waals surface area contributed by atoms with E-state index in [4.69, 9.17) is 0 Å². The molecule has 8 heteroatoms. The second-order valence-electron chi connectivity index (χ2n) is 5.30. The van der Waals surface area contributed by atoms with Gasteiger partial charge in [-0.15, -0.1) is 0 Å². The second-order valence-corrected chi connectivity index (χ2v) is 7.98. The van der Waals surface area contributed by atoms with Crippen molar-refractivity contribution in [2.45, 2.75) is 24.3 Å². The third-order valence-corrected chi connectivity index (χ3v) is 5.48. The van der Waals surface area contributed by atoms with Crippen LogP contribution in [0.4, 0.5) is 0 Å². The van der Waals surface area contributed by atoms with Gasteiger partial charge in [0, 0.05) is 43.1 Å². The van der Waals surface area contributed by atoms with Gasteiger partial charge in [-0.2, -0.15) is 0 Å². The first kappa shape index (κ1) is 17.4. The van der Waals surface area contributed by atoms with E-state index >= 15 is 0 Å². The molecule has 0 radical (unpaired) electrons. The standard InChI is InChI=1S/C14H20BrN3O3S/c1-11-10-18(9-8-16-11)14(19)6-7-17-22(20,21)13-4-2-12(15)3-5-13/h2-5,11,16-17H,6-10H2,1H3. The van der Waals surface area contributed by atoms with Crippen LogP contribution in [0.5, 0.6) is 0 Å². The molecule has 1 fully saturated rings. The minimum absolute atomic E-state index is 0.0214. The molecule has 0 saturated carbocycles. The van der Waals surface area contributed by atoms with Crippen molar-refractivity contribution in [3.63, 3.8) is 0 Å². The zero-order chi connectivity index (χ0) is 16.2. The van der Waals surface area contributed by atoms with Crippen molar-refractivity contribution < 1.29 is 13.2 Å². The molecule has 1 aromatic rings. The van der Waals surface area contributed by atoms with E-state index in [1.807, 2.05) is 6.92 Å². The van der Waals surface area contributed by atoms with Crippen LogP contribution in [0.1, 0.15) is 13.3 Å². The Morgan fingerprint density at radius 2 is 2.09 bits per heavy atom. The average molecular weight is 390 g/mol. The van der Waals surface area contributed by atoms with Crippen molar-refractivity contribution >= 4 is 31.9 Å². The van der Waals surface area contributed by atoms with Crippen LogP contribution < -0.4 is 10.0 Å². The molecule has 1 aromatic carbocycles. The maximum Gasteiger partial charge on any atom is 0.240 e. The molecule has 122 valence electrons. The number of piperazine rings is 1. The van der Waals surface area contributed by atoms with Crippen molar-refractivity contribution in [2.75, 3.05) is 26.2 Å². The number of benzene rings is 1. The molecule has 1 heterocycles. The average Bonchev–Trinajstić information content (AvgIpc) is 2.47. The summed E-state index contributed by atoms with van der Waals surface area (Å²) in [4.78, 5) is 14.0. The van der Waals surface area contributed by atoms with Gasteiger partial charge < -0.3 is 10.2 Å². The molecule has 1 saturated heterocycles. The summed E-state index contributed by atoms with van der Waals surface area (Å²) in [5, 5.41) is 3.26. The molecular formula is C14H20BrN3O3S. The first-order valence-corrected chi connectivity index (χ1v) is 9.42. The fourth-order valence-corrected chi connectivity index (χ4v) is 3.60. The zero-order valence-electron chi connectivity index (χ0n) is 12.4. The number of hydrogen-bond donors (Lipinski definition) is 2. The number of sulfonamides is 1. The van der Waals surface area contributed by atoms with Crippen molar-refractivity contribution in [1.29, 1.82) is 0 Å². The number of hydrogen-bond acceptors (Lipinski definition) is 4. The van der Waals surface area contributed by atoms with Crippen LogP contribution in [0, 0.1) is 0 Å². The predicted molar refractivity (Wildman–Crippen MR) is 88.0 cm³/mol. The molecule has 6 nitrogen and oxygen atoms in total. The highest BCUT2D eigenvalue weighted by Crippen LogP contribution is 2.14. The topological polar surface area (TPSA) is 78.5 Å². The number of rotatable bonds is 5. The predicted octanol–water partition coefficient (Wildman–Crippen LogP) is 0.938. The molecule has 2 rings (SSSR count). The Hall–Kier alpha value is -0.960. The number of halogens is 1. The third-order valence-electron chi connectivity index (χ3n) is 3.48. The summed E-state index contributed by atoms with van der Waals surface area (Å²) < 4.78 is 27.5. The van der Waals surface area contributed by atoms with Crippen molar-refractivity contribution in [2.24, 2.45) is 0 Å². The molecule has 1 aliphatic heterocycles. The first-order valence-electron chi connectivity index (χ1n) is 7.15. The van der Waals surface area contributed by atoms with Gasteiger partial charge in [0.1, 0.15) is 0 Å². The largest absolute Gasteiger partial charge is 0.340 e. The maximum absolute atomic E-state index is 12.1. The molecule has 0 spiro atoms. The van der Waals surface area contributed by atoms with Gasteiger partial charge in [-0.1, -0.05) is 15.9 Å².